The van der Waals surface area contributed by atoms with Crippen molar-refractivity contribution in [1.29, 1.82) is 0 Å². The second-order valence-electron chi connectivity index (χ2n) is 3.84. The van der Waals surface area contributed by atoms with Crippen LogP contribution < -0.4 is 5.32 Å². The van der Waals surface area contributed by atoms with Crippen LogP contribution in [0, 0.1) is 0 Å². The summed E-state index contributed by atoms with van der Waals surface area (Å²) in [6.45, 7) is 3.09. The van der Waals surface area contributed by atoms with Crippen molar-refractivity contribution < 1.29 is 4.79 Å². The lowest BCUT2D eigenvalue weighted by atomic mass is 10.2. The van der Waals surface area contributed by atoms with Crippen molar-refractivity contribution in [2.75, 3.05) is 18.2 Å². The van der Waals surface area contributed by atoms with Gasteiger partial charge in [0.1, 0.15) is 0 Å². The molecule has 0 spiro atoms. The molecular weight excluding hydrogens is 184 g/mol. The number of amides is 1. The van der Waals surface area contributed by atoms with Crippen molar-refractivity contribution in [3.63, 3.8) is 0 Å². The Morgan fingerprint density at radius 1 is 1.54 bits per heavy atom. The molecule has 1 N–H and O–H groups in total. The molecule has 74 valence electrons. The van der Waals surface area contributed by atoms with E-state index in [4.69, 9.17) is 0 Å². The number of hydrogen-bond donors (Lipinski definition) is 1. The molecule has 4 heteroatoms. The lowest BCUT2D eigenvalue weighted by Gasteiger charge is -2.19. The number of nitrogens with zero attached hydrogens (tertiary/aromatic N) is 1. The summed E-state index contributed by atoms with van der Waals surface area (Å²) in [4.78, 5) is 13.8. The average Bonchev–Trinajstić information content (AvgIpc) is 2.72. The maximum absolute atomic E-state index is 11.8. The molecule has 2 aliphatic heterocycles. The quantitative estimate of drug-likeness (QED) is 0.675. The molecule has 2 rings (SSSR count). The Morgan fingerprint density at radius 2 is 2.38 bits per heavy atom. The van der Waals surface area contributed by atoms with E-state index in [2.05, 4.69) is 12.2 Å². The van der Waals surface area contributed by atoms with Crippen LogP contribution in [0.3, 0.4) is 0 Å². The van der Waals surface area contributed by atoms with Crippen molar-refractivity contribution >= 4 is 17.7 Å². The normalized spacial score (nSPS) is 34.1. The van der Waals surface area contributed by atoms with E-state index in [0.29, 0.717) is 11.9 Å². The van der Waals surface area contributed by atoms with Gasteiger partial charge in [-0.05, 0) is 19.8 Å². The molecule has 0 bridgehead atoms. The molecule has 0 radical (unpaired) electrons. The number of rotatable bonds is 1. The van der Waals surface area contributed by atoms with Gasteiger partial charge in [-0.15, -0.1) is 11.8 Å². The zero-order chi connectivity index (χ0) is 9.26. The molecule has 0 aromatic heterocycles. The lowest BCUT2D eigenvalue weighted by Crippen LogP contribution is -2.43. The van der Waals surface area contributed by atoms with Gasteiger partial charge in [0.25, 0.3) is 0 Å². The maximum Gasteiger partial charge on any atom is 0.240 e. The second-order valence-corrected chi connectivity index (χ2v) is 4.91. The fourth-order valence-electron chi connectivity index (χ4n) is 1.93. The zero-order valence-corrected chi connectivity index (χ0v) is 8.77. The van der Waals surface area contributed by atoms with Crippen LogP contribution in [-0.2, 0) is 4.79 Å². The van der Waals surface area contributed by atoms with Crippen LogP contribution in [0.2, 0.25) is 0 Å². The SMILES string of the molecule is CC1CCC(C(=O)N2CCSC2)N1. The van der Waals surface area contributed by atoms with Crippen LogP contribution in [-0.4, -0.2) is 41.1 Å². The van der Waals surface area contributed by atoms with Gasteiger partial charge in [0.2, 0.25) is 5.91 Å². The summed E-state index contributed by atoms with van der Waals surface area (Å²) in [6, 6.07) is 0.623. The first-order chi connectivity index (χ1) is 6.27. The highest BCUT2D eigenvalue weighted by Crippen LogP contribution is 2.19. The van der Waals surface area contributed by atoms with Crippen molar-refractivity contribution in [3.05, 3.63) is 0 Å². The molecule has 3 nitrogen and oxygen atoms in total. The van der Waals surface area contributed by atoms with E-state index >= 15 is 0 Å². The highest BCUT2D eigenvalue weighted by Gasteiger charge is 2.31. The summed E-state index contributed by atoms with van der Waals surface area (Å²) in [6.07, 6.45) is 2.15. The number of hydrogen-bond acceptors (Lipinski definition) is 3. The number of thioether (sulfide) groups is 1. The number of nitrogens with one attached hydrogen (secondary N) is 1. The monoisotopic (exact) mass is 200 g/mol. The summed E-state index contributed by atoms with van der Waals surface area (Å²) in [5, 5.41) is 3.33. The Labute approximate surface area is 83.2 Å². The first kappa shape index (κ1) is 9.34. The van der Waals surface area contributed by atoms with Gasteiger partial charge >= 0.3 is 0 Å². The summed E-state index contributed by atoms with van der Waals surface area (Å²) in [5.74, 6) is 2.31. The summed E-state index contributed by atoms with van der Waals surface area (Å²) in [7, 11) is 0. The van der Waals surface area contributed by atoms with Gasteiger partial charge in [-0.1, -0.05) is 0 Å². The minimum Gasteiger partial charge on any atom is -0.331 e. The Balaban J connectivity index is 1.89. The van der Waals surface area contributed by atoms with Crippen molar-refractivity contribution in [2.45, 2.75) is 31.8 Å². The minimum absolute atomic E-state index is 0.105. The fraction of sp³-hybridized carbons (Fsp3) is 0.889. The molecule has 2 unspecified atom stereocenters. The molecule has 0 aromatic carbocycles. The molecule has 2 fully saturated rings. The van der Waals surface area contributed by atoms with Crippen LogP contribution in [0.4, 0.5) is 0 Å². The van der Waals surface area contributed by atoms with Gasteiger partial charge in [-0.2, -0.15) is 0 Å². The molecule has 13 heavy (non-hydrogen) atoms. The molecule has 2 atom stereocenters. The molecule has 0 saturated carbocycles. The molecule has 2 saturated heterocycles. The van der Waals surface area contributed by atoms with E-state index in [9.17, 15) is 4.79 Å². The Kier molecular flexibility index (Phi) is 2.79. The van der Waals surface area contributed by atoms with E-state index in [1.807, 2.05) is 16.7 Å². The van der Waals surface area contributed by atoms with Crippen molar-refractivity contribution in [3.8, 4) is 0 Å². The summed E-state index contributed by atoms with van der Waals surface area (Å²) >= 11 is 1.85. The van der Waals surface area contributed by atoms with Crippen LogP contribution in [0.5, 0.6) is 0 Å². The largest absolute Gasteiger partial charge is 0.331 e. The summed E-state index contributed by atoms with van der Waals surface area (Å²) < 4.78 is 0. The number of carbonyl (C=O) groups is 1. The Morgan fingerprint density at radius 3 is 2.92 bits per heavy atom. The predicted molar refractivity (Wildman–Crippen MR) is 54.7 cm³/mol. The van der Waals surface area contributed by atoms with Crippen LogP contribution in [0.1, 0.15) is 19.8 Å². The lowest BCUT2D eigenvalue weighted by molar-refractivity contribution is -0.131. The third kappa shape index (κ3) is 1.99. The first-order valence-electron chi connectivity index (χ1n) is 4.90. The predicted octanol–water partition coefficient (Wildman–Crippen LogP) is 0.660. The molecule has 1 amide bonds. The molecule has 2 aliphatic rings. The average molecular weight is 200 g/mol. The topological polar surface area (TPSA) is 32.3 Å². The van der Waals surface area contributed by atoms with Crippen molar-refractivity contribution in [1.82, 2.24) is 10.2 Å². The van der Waals surface area contributed by atoms with E-state index in [0.717, 1.165) is 31.0 Å². The van der Waals surface area contributed by atoms with Crippen LogP contribution >= 0.6 is 11.8 Å². The van der Waals surface area contributed by atoms with E-state index < -0.39 is 0 Å². The Hall–Kier alpha value is -0.220. The standard InChI is InChI=1S/C9H16N2OS/c1-7-2-3-8(10-7)9(12)11-4-5-13-6-11/h7-8,10H,2-6H2,1H3. The van der Waals surface area contributed by atoms with Crippen LogP contribution in [0.15, 0.2) is 0 Å². The van der Waals surface area contributed by atoms with Gasteiger partial charge in [-0.25, -0.2) is 0 Å². The van der Waals surface area contributed by atoms with E-state index in [-0.39, 0.29) is 6.04 Å². The van der Waals surface area contributed by atoms with Gasteiger partial charge in [0.15, 0.2) is 0 Å². The minimum atomic E-state index is 0.105. The second kappa shape index (κ2) is 3.88. The van der Waals surface area contributed by atoms with Crippen LogP contribution in [0.25, 0.3) is 0 Å². The fourth-order valence-corrected chi connectivity index (χ4v) is 2.89. The third-order valence-electron chi connectivity index (χ3n) is 2.74. The molecule has 2 heterocycles. The summed E-state index contributed by atoms with van der Waals surface area (Å²) in [5.41, 5.74) is 0. The maximum atomic E-state index is 11.8. The molecular formula is C9H16N2OS. The highest BCUT2D eigenvalue weighted by molar-refractivity contribution is 7.99. The Bertz CT molecular complexity index is 204. The van der Waals surface area contributed by atoms with E-state index in [1.54, 1.807) is 0 Å². The van der Waals surface area contributed by atoms with Gasteiger partial charge in [0.05, 0.1) is 11.9 Å². The van der Waals surface area contributed by atoms with E-state index in [1.165, 1.54) is 0 Å². The smallest absolute Gasteiger partial charge is 0.240 e. The van der Waals surface area contributed by atoms with Gasteiger partial charge in [0, 0.05) is 18.3 Å². The van der Waals surface area contributed by atoms with Gasteiger partial charge < -0.3 is 10.2 Å². The van der Waals surface area contributed by atoms with Crippen molar-refractivity contribution in [2.24, 2.45) is 0 Å². The third-order valence-corrected chi connectivity index (χ3v) is 3.70. The van der Waals surface area contributed by atoms with Gasteiger partial charge in [-0.3, -0.25) is 4.79 Å². The zero-order valence-electron chi connectivity index (χ0n) is 7.95. The molecule has 0 aliphatic carbocycles. The first-order valence-corrected chi connectivity index (χ1v) is 6.05. The number of carbonyl (C=O) groups excluding carboxylic acids is 1. The molecule has 0 aromatic rings. The highest BCUT2D eigenvalue weighted by atomic mass is 32.2.